The predicted molar refractivity (Wildman–Crippen MR) is 42.8 cm³/mol. The highest BCUT2D eigenvalue weighted by Gasteiger charge is 2.52. The Morgan fingerprint density at radius 2 is 1.57 bits per heavy atom. The Morgan fingerprint density at radius 1 is 1.14 bits per heavy atom. The third-order valence-electron chi connectivity index (χ3n) is 1.71. The summed E-state index contributed by atoms with van der Waals surface area (Å²) in [6.45, 7) is 0. The van der Waals surface area contributed by atoms with E-state index in [2.05, 4.69) is 14.2 Å². The van der Waals surface area contributed by atoms with Crippen molar-refractivity contribution in [2.75, 3.05) is 21.3 Å². The molecular weight excluding hydrogens is 196 g/mol. The summed E-state index contributed by atoms with van der Waals surface area (Å²) in [5.74, 6) is -5.39. The van der Waals surface area contributed by atoms with Crippen LogP contribution in [-0.2, 0) is 23.8 Å². The van der Waals surface area contributed by atoms with E-state index in [0.717, 1.165) is 21.3 Å². The monoisotopic (exact) mass is 208 g/mol. The lowest BCUT2D eigenvalue weighted by molar-refractivity contribution is -0.263. The van der Waals surface area contributed by atoms with Gasteiger partial charge in [0, 0.05) is 21.3 Å². The second kappa shape index (κ2) is 4.89. The van der Waals surface area contributed by atoms with E-state index in [9.17, 15) is 9.59 Å². The van der Waals surface area contributed by atoms with E-state index in [4.69, 9.17) is 10.2 Å². The van der Waals surface area contributed by atoms with Gasteiger partial charge in [-0.05, 0) is 0 Å². The lowest BCUT2D eigenvalue weighted by Gasteiger charge is -2.30. The standard InChI is InChI=1S/C7H12O7/c1-12-4(5(8)9)7(13-2,14-3)6(10)11/h4H,1-3H3,(H,8,9)(H,10,11). The van der Waals surface area contributed by atoms with Crippen molar-refractivity contribution in [3.8, 4) is 0 Å². The number of hydrogen-bond donors (Lipinski definition) is 2. The zero-order valence-electron chi connectivity index (χ0n) is 8.01. The molecule has 0 aromatic heterocycles. The molecule has 0 bridgehead atoms. The predicted octanol–water partition coefficient (Wildman–Crippen LogP) is -0.840. The van der Waals surface area contributed by atoms with E-state index in [1.54, 1.807) is 0 Å². The molecule has 82 valence electrons. The molecule has 1 atom stereocenters. The van der Waals surface area contributed by atoms with Crippen LogP contribution in [0.25, 0.3) is 0 Å². The van der Waals surface area contributed by atoms with Crippen LogP contribution in [0.2, 0.25) is 0 Å². The maximum absolute atomic E-state index is 10.8. The van der Waals surface area contributed by atoms with Gasteiger partial charge < -0.3 is 24.4 Å². The molecule has 14 heavy (non-hydrogen) atoms. The average Bonchev–Trinajstić information content (AvgIpc) is 2.12. The summed E-state index contributed by atoms with van der Waals surface area (Å²) in [6, 6.07) is 0. The molecule has 0 aliphatic carbocycles. The number of aliphatic carboxylic acids is 2. The minimum Gasteiger partial charge on any atom is -0.479 e. The Bertz CT molecular complexity index is 220. The zero-order chi connectivity index (χ0) is 11.4. The van der Waals surface area contributed by atoms with E-state index >= 15 is 0 Å². The van der Waals surface area contributed by atoms with Crippen molar-refractivity contribution in [2.45, 2.75) is 11.9 Å². The molecule has 0 aliphatic heterocycles. The largest absolute Gasteiger partial charge is 0.479 e. The number of hydrogen-bond acceptors (Lipinski definition) is 5. The first-order chi connectivity index (χ1) is 6.46. The highest BCUT2D eigenvalue weighted by atomic mass is 16.7. The molecule has 1 unspecified atom stereocenters. The Morgan fingerprint density at radius 3 is 1.64 bits per heavy atom. The van der Waals surface area contributed by atoms with Crippen LogP contribution in [0.1, 0.15) is 0 Å². The first-order valence-electron chi connectivity index (χ1n) is 3.55. The number of carbonyl (C=O) groups is 2. The van der Waals surface area contributed by atoms with Crippen LogP contribution in [0.4, 0.5) is 0 Å². The van der Waals surface area contributed by atoms with E-state index in [1.807, 2.05) is 0 Å². The van der Waals surface area contributed by atoms with Crippen LogP contribution in [-0.4, -0.2) is 55.4 Å². The summed E-state index contributed by atoms with van der Waals surface area (Å²) in [4.78, 5) is 21.4. The van der Waals surface area contributed by atoms with Gasteiger partial charge in [-0.25, -0.2) is 9.59 Å². The van der Waals surface area contributed by atoms with Crippen molar-refractivity contribution in [2.24, 2.45) is 0 Å². The van der Waals surface area contributed by atoms with Crippen molar-refractivity contribution < 1.29 is 34.0 Å². The number of carboxylic acid groups (broad SMARTS) is 2. The molecule has 0 fully saturated rings. The summed E-state index contributed by atoms with van der Waals surface area (Å²) in [5.41, 5.74) is 0. The molecule has 2 N–H and O–H groups in total. The van der Waals surface area contributed by atoms with Crippen molar-refractivity contribution in [3.05, 3.63) is 0 Å². The van der Waals surface area contributed by atoms with Crippen LogP contribution >= 0.6 is 0 Å². The van der Waals surface area contributed by atoms with E-state index in [0.29, 0.717) is 0 Å². The normalized spacial score (nSPS) is 13.6. The van der Waals surface area contributed by atoms with Crippen molar-refractivity contribution in [3.63, 3.8) is 0 Å². The van der Waals surface area contributed by atoms with Crippen LogP contribution in [0, 0.1) is 0 Å². The van der Waals surface area contributed by atoms with Gasteiger partial charge in [0.25, 0.3) is 0 Å². The SMILES string of the molecule is COC(C(=O)O)C(OC)(OC)C(=O)O. The maximum Gasteiger partial charge on any atom is 0.368 e. The van der Waals surface area contributed by atoms with Gasteiger partial charge in [0.05, 0.1) is 0 Å². The molecule has 7 heteroatoms. The van der Waals surface area contributed by atoms with Crippen molar-refractivity contribution >= 4 is 11.9 Å². The van der Waals surface area contributed by atoms with Gasteiger partial charge in [-0.3, -0.25) is 0 Å². The second-order valence-electron chi connectivity index (χ2n) is 2.33. The molecule has 7 nitrogen and oxygen atoms in total. The Hall–Kier alpha value is -1.18. The Kier molecular flexibility index (Phi) is 4.48. The van der Waals surface area contributed by atoms with Gasteiger partial charge >= 0.3 is 17.7 Å². The van der Waals surface area contributed by atoms with Crippen LogP contribution in [0.3, 0.4) is 0 Å². The average molecular weight is 208 g/mol. The van der Waals surface area contributed by atoms with Gasteiger partial charge in [0.15, 0.2) is 0 Å². The lowest BCUT2D eigenvalue weighted by Crippen LogP contribution is -2.56. The van der Waals surface area contributed by atoms with Crippen molar-refractivity contribution in [1.82, 2.24) is 0 Å². The van der Waals surface area contributed by atoms with Gasteiger partial charge in [-0.15, -0.1) is 0 Å². The molecule has 0 aromatic rings. The van der Waals surface area contributed by atoms with Gasteiger partial charge in [0.2, 0.25) is 6.10 Å². The van der Waals surface area contributed by atoms with Crippen LogP contribution in [0.15, 0.2) is 0 Å². The van der Waals surface area contributed by atoms with Crippen molar-refractivity contribution in [1.29, 1.82) is 0 Å². The molecule has 0 saturated heterocycles. The molecule has 0 radical (unpaired) electrons. The highest BCUT2D eigenvalue weighted by molar-refractivity contribution is 5.86. The summed E-state index contributed by atoms with van der Waals surface area (Å²) >= 11 is 0. The highest BCUT2D eigenvalue weighted by Crippen LogP contribution is 2.19. The molecule has 0 amide bonds. The molecule has 0 aliphatic rings. The van der Waals surface area contributed by atoms with E-state index < -0.39 is 23.8 Å². The first kappa shape index (κ1) is 12.8. The number of carboxylic acids is 2. The minimum atomic E-state index is -2.33. The van der Waals surface area contributed by atoms with Gasteiger partial charge in [0.1, 0.15) is 0 Å². The molecule has 0 saturated carbocycles. The molecule has 0 aromatic carbocycles. The summed E-state index contributed by atoms with van der Waals surface area (Å²) in [5, 5.41) is 17.5. The first-order valence-corrected chi connectivity index (χ1v) is 3.55. The third kappa shape index (κ3) is 2.00. The maximum atomic E-state index is 10.8. The van der Waals surface area contributed by atoms with Gasteiger partial charge in [-0.1, -0.05) is 0 Å². The number of rotatable bonds is 6. The minimum absolute atomic E-state index is 1.02. The fourth-order valence-electron chi connectivity index (χ4n) is 1.00. The van der Waals surface area contributed by atoms with E-state index in [1.165, 1.54) is 0 Å². The quantitative estimate of drug-likeness (QED) is 0.548. The summed E-state index contributed by atoms with van der Waals surface area (Å²) < 4.78 is 13.6. The second-order valence-corrected chi connectivity index (χ2v) is 2.33. The third-order valence-corrected chi connectivity index (χ3v) is 1.71. The number of methoxy groups -OCH3 is 3. The summed E-state index contributed by atoms with van der Waals surface area (Å²) in [7, 11) is 3.09. The van der Waals surface area contributed by atoms with Gasteiger partial charge in [-0.2, -0.15) is 0 Å². The smallest absolute Gasteiger partial charge is 0.368 e. The Balaban J connectivity index is 5.13. The zero-order valence-corrected chi connectivity index (χ0v) is 8.01. The Labute approximate surface area is 80.2 Å². The van der Waals surface area contributed by atoms with Crippen LogP contribution in [0.5, 0.6) is 0 Å². The van der Waals surface area contributed by atoms with Crippen LogP contribution < -0.4 is 0 Å². The van der Waals surface area contributed by atoms with E-state index in [-0.39, 0.29) is 0 Å². The fraction of sp³-hybridized carbons (Fsp3) is 0.714. The summed E-state index contributed by atoms with van der Waals surface area (Å²) in [6.07, 6.45) is -1.74. The fourth-order valence-corrected chi connectivity index (χ4v) is 1.00. The molecular formula is C7H12O7. The lowest BCUT2D eigenvalue weighted by atomic mass is 10.1. The molecule has 0 heterocycles. The molecule has 0 spiro atoms. The topological polar surface area (TPSA) is 102 Å². The number of ether oxygens (including phenoxy) is 3. The molecule has 0 rings (SSSR count).